The first kappa shape index (κ1) is 22.3. The van der Waals surface area contributed by atoms with Crippen LogP contribution < -0.4 is 0 Å². The van der Waals surface area contributed by atoms with Gasteiger partial charge in [-0.05, 0) is 75.2 Å². The third kappa shape index (κ3) is 11.4. The Labute approximate surface area is 155 Å². The summed E-state index contributed by atoms with van der Waals surface area (Å²) in [4.78, 5) is 7.67. The fourth-order valence-corrected chi connectivity index (χ4v) is 2.81. The van der Waals surface area contributed by atoms with Gasteiger partial charge in [-0.2, -0.15) is 0 Å². The molecule has 0 aromatic carbocycles. The molecule has 0 saturated heterocycles. The Hall–Kier alpha value is -0.740. The van der Waals surface area contributed by atoms with E-state index in [9.17, 15) is 0 Å². The standard InChI is InChI=1S/C19H31BrN2S/c1-8-22(7)14-21-19(16(4)5)13-18(20)17(6)23-12-10-9-11-15(2)3/h11,13-14H,6,8-10,12H2,1-5,7H3/b18-13+,21-14?. The maximum Gasteiger partial charge on any atom is 0.0909 e. The van der Waals surface area contributed by atoms with Crippen molar-refractivity contribution in [1.82, 2.24) is 4.90 Å². The molecule has 2 nitrogen and oxygen atoms in total. The maximum absolute atomic E-state index is 4.56. The minimum atomic E-state index is 0.943. The Morgan fingerprint density at radius 2 is 1.91 bits per heavy atom. The number of thioether (sulfide) groups is 1. The first-order valence-corrected chi connectivity index (χ1v) is 9.80. The Kier molecular flexibility index (Phi) is 12.2. The lowest BCUT2D eigenvalue weighted by Gasteiger charge is -2.09. The van der Waals surface area contributed by atoms with E-state index in [1.807, 2.05) is 13.4 Å². The summed E-state index contributed by atoms with van der Waals surface area (Å²) >= 11 is 5.43. The zero-order valence-corrected chi connectivity index (χ0v) is 17.9. The van der Waals surface area contributed by atoms with Crippen LogP contribution in [0.5, 0.6) is 0 Å². The molecular weight excluding hydrogens is 368 g/mol. The van der Waals surface area contributed by atoms with E-state index in [0.717, 1.165) is 33.8 Å². The topological polar surface area (TPSA) is 15.6 Å². The zero-order chi connectivity index (χ0) is 17.8. The largest absolute Gasteiger partial charge is 0.366 e. The normalized spacial score (nSPS) is 11.5. The van der Waals surface area contributed by atoms with Gasteiger partial charge < -0.3 is 4.90 Å². The maximum atomic E-state index is 4.56. The molecule has 23 heavy (non-hydrogen) atoms. The van der Waals surface area contributed by atoms with Crippen LogP contribution in [0, 0.1) is 0 Å². The molecule has 130 valence electrons. The molecular formula is C19H31BrN2S. The van der Waals surface area contributed by atoms with Gasteiger partial charge in [0.15, 0.2) is 0 Å². The van der Waals surface area contributed by atoms with Gasteiger partial charge in [-0.15, -0.1) is 11.8 Å². The van der Waals surface area contributed by atoms with Crippen LogP contribution in [0.25, 0.3) is 0 Å². The number of halogens is 1. The van der Waals surface area contributed by atoms with Crippen molar-refractivity contribution in [3.05, 3.63) is 45.0 Å². The van der Waals surface area contributed by atoms with E-state index in [1.54, 1.807) is 11.8 Å². The Morgan fingerprint density at radius 1 is 1.26 bits per heavy atom. The highest BCUT2D eigenvalue weighted by Gasteiger charge is 2.03. The van der Waals surface area contributed by atoms with Crippen LogP contribution in [-0.4, -0.2) is 30.6 Å². The number of hydrogen-bond donors (Lipinski definition) is 0. The molecule has 0 saturated carbocycles. The van der Waals surface area contributed by atoms with Crippen molar-refractivity contribution >= 4 is 34.0 Å². The van der Waals surface area contributed by atoms with E-state index in [0.29, 0.717) is 0 Å². The first-order valence-electron chi connectivity index (χ1n) is 8.02. The molecule has 4 heteroatoms. The van der Waals surface area contributed by atoms with Gasteiger partial charge in [0.1, 0.15) is 0 Å². The Balaban J connectivity index is 4.64. The molecule has 0 aliphatic heterocycles. The molecule has 0 aromatic rings. The molecule has 0 aromatic heterocycles. The fraction of sp³-hybridized carbons (Fsp3) is 0.526. The predicted molar refractivity (Wildman–Crippen MR) is 112 cm³/mol. The van der Waals surface area contributed by atoms with Gasteiger partial charge in [-0.1, -0.05) is 23.8 Å². The van der Waals surface area contributed by atoms with E-state index < -0.39 is 0 Å². The smallest absolute Gasteiger partial charge is 0.0909 e. The summed E-state index contributed by atoms with van der Waals surface area (Å²) in [5.74, 6) is 1.08. The average molecular weight is 399 g/mol. The summed E-state index contributed by atoms with van der Waals surface area (Å²) in [6, 6.07) is 0. The number of unbranched alkanes of at least 4 members (excludes halogenated alkanes) is 1. The van der Waals surface area contributed by atoms with Crippen LogP contribution >= 0.6 is 27.7 Å². The van der Waals surface area contributed by atoms with Crippen LogP contribution in [0.4, 0.5) is 0 Å². The molecule has 0 fully saturated rings. The highest BCUT2D eigenvalue weighted by Crippen LogP contribution is 2.29. The Bertz CT molecular complexity index is 493. The van der Waals surface area contributed by atoms with Crippen molar-refractivity contribution in [2.75, 3.05) is 19.3 Å². The summed E-state index contributed by atoms with van der Waals surface area (Å²) in [5, 5.41) is 0. The van der Waals surface area contributed by atoms with Crippen molar-refractivity contribution in [2.24, 2.45) is 4.99 Å². The number of rotatable bonds is 10. The predicted octanol–water partition coefficient (Wildman–Crippen LogP) is 6.53. The second-order valence-electron chi connectivity index (χ2n) is 5.89. The van der Waals surface area contributed by atoms with Gasteiger partial charge in [0.2, 0.25) is 0 Å². The molecule has 0 bridgehead atoms. The van der Waals surface area contributed by atoms with E-state index in [1.165, 1.54) is 17.6 Å². The summed E-state index contributed by atoms with van der Waals surface area (Å²) in [6.45, 7) is 15.6. The molecule has 0 aliphatic rings. The van der Waals surface area contributed by atoms with Crippen LogP contribution in [0.3, 0.4) is 0 Å². The van der Waals surface area contributed by atoms with Gasteiger partial charge in [0.25, 0.3) is 0 Å². The third-order valence-corrected chi connectivity index (χ3v) is 5.14. The lowest BCUT2D eigenvalue weighted by atomic mass is 10.2. The fourth-order valence-electron chi connectivity index (χ4n) is 1.49. The molecule has 0 rings (SSSR count). The van der Waals surface area contributed by atoms with Gasteiger partial charge in [-0.25, -0.2) is 4.99 Å². The van der Waals surface area contributed by atoms with Crippen molar-refractivity contribution in [3.63, 3.8) is 0 Å². The van der Waals surface area contributed by atoms with Gasteiger partial charge in [0, 0.05) is 23.0 Å². The summed E-state index contributed by atoms with van der Waals surface area (Å²) in [5.41, 5.74) is 3.55. The van der Waals surface area contributed by atoms with Crippen molar-refractivity contribution < 1.29 is 0 Å². The van der Waals surface area contributed by atoms with Crippen LogP contribution in [0.2, 0.25) is 0 Å². The summed E-state index contributed by atoms with van der Waals surface area (Å²) in [6.07, 6.45) is 8.52. The van der Waals surface area contributed by atoms with E-state index in [2.05, 4.69) is 79.2 Å². The number of allylic oxidation sites excluding steroid dienone is 5. The summed E-state index contributed by atoms with van der Waals surface area (Å²) in [7, 11) is 2.02. The average Bonchev–Trinajstić information content (AvgIpc) is 2.49. The third-order valence-electron chi connectivity index (χ3n) is 3.11. The van der Waals surface area contributed by atoms with E-state index >= 15 is 0 Å². The van der Waals surface area contributed by atoms with E-state index in [4.69, 9.17) is 0 Å². The molecule has 0 atom stereocenters. The molecule has 0 unspecified atom stereocenters. The quantitative estimate of drug-likeness (QED) is 0.136. The molecule has 0 aliphatic carbocycles. The number of aliphatic imine (C=N–C) groups is 1. The Morgan fingerprint density at radius 3 is 2.43 bits per heavy atom. The monoisotopic (exact) mass is 398 g/mol. The first-order chi connectivity index (χ1) is 10.8. The van der Waals surface area contributed by atoms with Gasteiger partial charge in [0.05, 0.1) is 12.0 Å². The van der Waals surface area contributed by atoms with Crippen molar-refractivity contribution in [3.8, 4) is 0 Å². The lowest BCUT2D eigenvalue weighted by Crippen LogP contribution is -2.14. The molecule has 0 radical (unpaired) electrons. The van der Waals surface area contributed by atoms with Crippen LogP contribution in [-0.2, 0) is 0 Å². The van der Waals surface area contributed by atoms with Crippen molar-refractivity contribution in [1.29, 1.82) is 0 Å². The van der Waals surface area contributed by atoms with Gasteiger partial charge in [-0.3, -0.25) is 0 Å². The number of hydrogen-bond acceptors (Lipinski definition) is 2. The molecule has 0 N–H and O–H groups in total. The molecule has 0 amide bonds. The lowest BCUT2D eigenvalue weighted by molar-refractivity contribution is 0.551. The van der Waals surface area contributed by atoms with Gasteiger partial charge >= 0.3 is 0 Å². The second kappa shape index (κ2) is 12.7. The minimum Gasteiger partial charge on any atom is -0.366 e. The summed E-state index contributed by atoms with van der Waals surface area (Å²) < 4.78 is 1.01. The second-order valence-corrected chi connectivity index (χ2v) is 7.93. The minimum absolute atomic E-state index is 0.943. The SMILES string of the molecule is C=C(SCCCC=C(C)C)/C(Br)=C\C(N=CN(C)CC)=C(C)C. The molecule has 0 spiro atoms. The van der Waals surface area contributed by atoms with Crippen LogP contribution in [0.15, 0.2) is 50.0 Å². The van der Waals surface area contributed by atoms with Crippen molar-refractivity contribution in [2.45, 2.75) is 47.5 Å². The highest BCUT2D eigenvalue weighted by molar-refractivity contribution is 9.12. The van der Waals surface area contributed by atoms with E-state index in [-0.39, 0.29) is 0 Å². The molecule has 0 heterocycles. The van der Waals surface area contributed by atoms with Crippen LogP contribution in [0.1, 0.15) is 47.5 Å². The highest BCUT2D eigenvalue weighted by atomic mass is 79.9. The zero-order valence-electron chi connectivity index (χ0n) is 15.4. The number of nitrogens with zero attached hydrogens (tertiary/aromatic N) is 2.